The first kappa shape index (κ1) is 33.3. The van der Waals surface area contributed by atoms with Crippen molar-refractivity contribution < 1.29 is 0 Å². The van der Waals surface area contributed by atoms with Crippen molar-refractivity contribution in [2.45, 2.75) is 24.5 Å². The quantitative estimate of drug-likeness (QED) is 0.128. The van der Waals surface area contributed by atoms with Crippen molar-refractivity contribution in [2.24, 2.45) is 4.99 Å². The van der Waals surface area contributed by atoms with E-state index in [1.54, 1.807) is 0 Å². The van der Waals surface area contributed by atoms with Gasteiger partial charge < -0.3 is 10.6 Å². The summed E-state index contributed by atoms with van der Waals surface area (Å²) in [4.78, 5) is 5.24. The third-order valence-corrected chi connectivity index (χ3v) is 10.3. The summed E-state index contributed by atoms with van der Waals surface area (Å²) in [6, 6.07) is 68.5. The molecule has 0 aromatic heterocycles. The summed E-state index contributed by atoms with van der Waals surface area (Å²) in [6.07, 6.45) is 1.88. The largest absolute Gasteiger partial charge is 0.366 e. The zero-order chi connectivity index (χ0) is 36.1. The van der Waals surface area contributed by atoms with Crippen molar-refractivity contribution in [3.05, 3.63) is 234 Å². The number of amidine groups is 1. The van der Waals surface area contributed by atoms with Crippen molar-refractivity contribution in [3.63, 3.8) is 0 Å². The number of hydrogen-bond donors (Lipinski definition) is 4. The van der Waals surface area contributed by atoms with Gasteiger partial charge in [0.15, 0.2) is 0 Å². The van der Waals surface area contributed by atoms with Crippen molar-refractivity contribution in [2.75, 3.05) is 0 Å². The zero-order valence-electron chi connectivity index (χ0n) is 29.8. The number of aliphatic imine (C=N–C) groups is 1. The van der Waals surface area contributed by atoms with E-state index in [1.165, 1.54) is 27.8 Å². The topological polar surface area (TPSA) is 60.5 Å². The molecule has 0 bridgehead atoms. The first-order valence-electron chi connectivity index (χ1n) is 18.6. The van der Waals surface area contributed by atoms with Gasteiger partial charge in [-0.1, -0.05) is 194 Å². The lowest BCUT2D eigenvalue weighted by molar-refractivity contribution is 0.409. The number of nitrogens with zero attached hydrogens (tertiary/aromatic N) is 1. The van der Waals surface area contributed by atoms with E-state index in [-0.39, 0.29) is 24.5 Å². The Morgan fingerprint density at radius 2 is 0.870 bits per heavy atom. The number of rotatable bonds is 8. The fraction of sp³-hybridized carbons (Fsp3) is 0.0816. The van der Waals surface area contributed by atoms with Crippen molar-refractivity contribution >= 4 is 11.5 Å². The Balaban J connectivity index is 1.02. The molecule has 2 heterocycles. The minimum atomic E-state index is -0.251. The minimum Gasteiger partial charge on any atom is -0.366 e. The molecule has 5 nitrogen and oxygen atoms in total. The van der Waals surface area contributed by atoms with Gasteiger partial charge in [0, 0.05) is 11.3 Å². The van der Waals surface area contributed by atoms with Gasteiger partial charge in [0.1, 0.15) is 24.3 Å². The molecule has 7 aromatic rings. The van der Waals surface area contributed by atoms with E-state index >= 15 is 0 Å². The molecule has 5 heteroatoms. The van der Waals surface area contributed by atoms with E-state index in [9.17, 15) is 0 Å². The Labute approximate surface area is 317 Å². The molecule has 2 aliphatic rings. The van der Waals surface area contributed by atoms with Crippen LogP contribution in [0.25, 0.3) is 28.0 Å². The normalized spacial score (nSPS) is 19.5. The van der Waals surface area contributed by atoms with E-state index in [1.807, 2.05) is 6.07 Å². The molecule has 0 amide bonds. The maximum atomic E-state index is 5.24. The van der Waals surface area contributed by atoms with Crippen molar-refractivity contribution in [1.82, 2.24) is 21.3 Å². The highest BCUT2D eigenvalue weighted by atomic mass is 15.3. The highest BCUT2D eigenvalue weighted by Crippen LogP contribution is 2.35. The van der Waals surface area contributed by atoms with Crippen LogP contribution < -0.4 is 21.3 Å². The van der Waals surface area contributed by atoms with Crippen LogP contribution in [0.5, 0.6) is 0 Å². The second kappa shape index (κ2) is 15.2. The third-order valence-electron chi connectivity index (χ3n) is 10.3. The lowest BCUT2D eigenvalue weighted by Crippen LogP contribution is -2.45. The van der Waals surface area contributed by atoms with Crippen molar-refractivity contribution in [1.29, 1.82) is 0 Å². The molecule has 0 fully saturated rings. The van der Waals surface area contributed by atoms with E-state index in [0.29, 0.717) is 0 Å². The van der Waals surface area contributed by atoms with Crippen LogP contribution in [0, 0.1) is 0 Å². The predicted molar refractivity (Wildman–Crippen MR) is 221 cm³/mol. The standard InChI is InChI=1S/C49H41N5/c1-5-15-34(16-6-1)35-25-31-41(32-26-35)46-50-44(37-17-7-2-8-18-37)33-45(51-46)38-29-27-36(28-30-38)42-23-13-14-24-43(42)49-53-47(39-19-9-3-10-20-39)52-48(54-49)40-21-11-4-12-22-40/h1-33,45-47,49-51,53H,(H,52,54). The van der Waals surface area contributed by atoms with E-state index < -0.39 is 0 Å². The van der Waals surface area contributed by atoms with Gasteiger partial charge in [0.2, 0.25) is 0 Å². The fourth-order valence-electron chi connectivity index (χ4n) is 7.45. The van der Waals surface area contributed by atoms with Crippen LogP contribution in [-0.2, 0) is 0 Å². The fourth-order valence-corrected chi connectivity index (χ4v) is 7.45. The van der Waals surface area contributed by atoms with Gasteiger partial charge in [-0.05, 0) is 56.1 Å². The predicted octanol–water partition coefficient (Wildman–Crippen LogP) is 10.3. The number of nitrogens with one attached hydrogen (secondary N) is 4. The van der Waals surface area contributed by atoms with Gasteiger partial charge in [0.25, 0.3) is 0 Å². The Morgan fingerprint density at radius 1 is 0.370 bits per heavy atom. The van der Waals surface area contributed by atoms with Gasteiger partial charge in [-0.2, -0.15) is 0 Å². The first-order chi connectivity index (χ1) is 26.7. The summed E-state index contributed by atoms with van der Waals surface area (Å²) < 4.78 is 0. The average Bonchev–Trinajstić information content (AvgIpc) is 3.27. The summed E-state index contributed by atoms with van der Waals surface area (Å²) in [5.74, 6) is 0.876. The summed E-state index contributed by atoms with van der Waals surface area (Å²) >= 11 is 0. The summed E-state index contributed by atoms with van der Waals surface area (Å²) in [7, 11) is 0. The Bertz CT molecular complexity index is 2370. The Morgan fingerprint density at radius 3 is 1.56 bits per heavy atom. The molecule has 54 heavy (non-hydrogen) atoms. The molecular formula is C49H41N5. The maximum Gasteiger partial charge on any atom is 0.131 e. The van der Waals surface area contributed by atoms with Crippen LogP contribution >= 0.6 is 0 Å². The van der Waals surface area contributed by atoms with Gasteiger partial charge in [-0.15, -0.1) is 0 Å². The summed E-state index contributed by atoms with van der Waals surface area (Å²) in [6.45, 7) is 0. The number of hydrogen-bond acceptors (Lipinski definition) is 5. The second-order valence-electron chi connectivity index (χ2n) is 13.8. The Hall–Kier alpha value is -6.53. The molecule has 4 unspecified atom stereocenters. The zero-order valence-corrected chi connectivity index (χ0v) is 29.8. The Kier molecular flexibility index (Phi) is 9.39. The molecule has 0 aliphatic carbocycles. The van der Waals surface area contributed by atoms with Gasteiger partial charge >= 0.3 is 0 Å². The van der Waals surface area contributed by atoms with Gasteiger partial charge in [-0.3, -0.25) is 10.6 Å². The van der Waals surface area contributed by atoms with Crippen LogP contribution in [0.3, 0.4) is 0 Å². The van der Waals surface area contributed by atoms with Crippen LogP contribution in [0.15, 0.2) is 205 Å². The smallest absolute Gasteiger partial charge is 0.131 e. The van der Waals surface area contributed by atoms with E-state index in [0.717, 1.165) is 39.3 Å². The molecule has 0 saturated carbocycles. The first-order valence-corrected chi connectivity index (χ1v) is 18.6. The van der Waals surface area contributed by atoms with Gasteiger partial charge in [0.05, 0.1) is 6.04 Å². The van der Waals surface area contributed by atoms with Crippen LogP contribution in [0.4, 0.5) is 0 Å². The average molecular weight is 700 g/mol. The lowest BCUT2D eigenvalue weighted by Gasteiger charge is -2.33. The molecule has 4 atom stereocenters. The molecule has 9 rings (SSSR count). The number of benzene rings is 7. The van der Waals surface area contributed by atoms with E-state index in [2.05, 4.69) is 215 Å². The lowest BCUT2D eigenvalue weighted by atomic mass is 9.93. The molecule has 7 aromatic carbocycles. The highest BCUT2D eigenvalue weighted by Gasteiger charge is 2.28. The molecule has 0 spiro atoms. The molecular weight excluding hydrogens is 659 g/mol. The molecule has 0 saturated heterocycles. The highest BCUT2D eigenvalue weighted by molar-refractivity contribution is 5.99. The van der Waals surface area contributed by atoms with E-state index in [4.69, 9.17) is 4.99 Å². The third kappa shape index (κ3) is 7.11. The SMILES string of the molecule is C1=C(c2ccccc2)NC(c2ccc(-c3ccccc3)cc2)NC1c1ccc(-c2ccccc2C2N=C(c3ccccc3)NC(c3ccccc3)N2)cc1. The second-order valence-corrected chi connectivity index (χ2v) is 13.8. The molecule has 4 N–H and O–H groups in total. The van der Waals surface area contributed by atoms with Crippen LogP contribution in [0.1, 0.15) is 57.9 Å². The molecule has 2 aliphatic heterocycles. The summed E-state index contributed by atoms with van der Waals surface area (Å²) in [5, 5.41) is 15.1. The summed E-state index contributed by atoms with van der Waals surface area (Å²) in [5.41, 5.74) is 12.7. The van der Waals surface area contributed by atoms with Crippen LogP contribution in [-0.4, -0.2) is 5.84 Å². The van der Waals surface area contributed by atoms with Gasteiger partial charge in [-0.25, -0.2) is 4.99 Å². The molecule has 0 radical (unpaired) electrons. The monoisotopic (exact) mass is 699 g/mol. The maximum absolute atomic E-state index is 5.24. The van der Waals surface area contributed by atoms with Crippen molar-refractivity contribution in [3.8, 4) is 22.3 Å². The van der Waals surface area contributed by atoms with Crippen LogP contribution in [0.2, 0.25) is 0 Å². The minimum absolute atomic E-state index is 0.000275. The molecule has 262 valence electrons.